The van der Waals surface area contributed by atoms with Crippen molar-refractivity contribution < 1.29 is 14.4 Å². The monoisotopic (exact) mass is 382 g/mol. The summed E-state index contributed by atoms with van der Waals surface area (Å²) in [5.74, 6) is 0.895. The highest BCUT2D eigenvalue weighted by Crippen LogP contribution is 2.33. The smallest absolute Gasteiger partial charge is 0.255 e. The molecule has 4 aliphatic rings. The maximum Gasteiger partial charge on any atom is 0.255 e. The predicted molar refractivity (Wildman–Crippen MR) is 102 cm³/mol. The Bertz CT molecular complexity index is 827. The quantitative estimate of drug-likeness (QED) is 0.741. The van der Waals surface area contributed by atoms with Crippen molar-refractivity contribution in [1.82, 2.24) is 20.4 Å². The van der Waals surface area contributed by atoms with Crippen molar-refractivity contribution in [1.29, 1.82) is 0 Å². The molecule has 0 aromatic heterocycles. The minimum atomic E-state index is -0.547. The fourth-order valence-corrected chi connectivity index (χ4v) is 5.16. The second-order valence-corrected chi connectivity index (χ2v) is 8.55. The summed E-state index contributed by atoms with van der Waals surface area (Å²) in [4.78, 5) is 40.7. The van der Waals surface area contributed by atoms with Gasteiger partial charge >= 0.3 is 0 Å². The number of amides is 3. The zero-order chi connectivity index (χ0) is 19.3. The van der Waals surface area contributed by atoms with Crippen molar-refractivity contribution in [2.75, 3.05) is 26.2 Å². The van der Waals surface area contributed by atoms with E-state index in [0.29, 0.717) is 18.5 Å². The van der Waals surface area contributed by atoms with E-state index in [0.717, 1.165) is 50.1 Å². The molecule has 7 heteroatoms. The van der Waals surface area contributed by atoms with Crippen molar-refractivity contribution >= 4 is 17.7 Å². The van der Waals surface area contributed by atoms with Gasteiger partial charge in [-0.05, 0) is 55.0 Å². The lowest BCUT2D eigenvalue weighted by Gasteiger charge is -2.42. The Balaban J connectivity index is 1.27. The Morgan fingerprint density at radius 3 is 2.68 bits per heavy atom. The van der Waals surface area contributed by atoms with E-state index >= 15 is 0 Å². The Morgan fingerprint density at radius 2 is 1.93 bits per heavy atom. The number of benzene rings is 1. The summed E-state index contributed by atoms with van der Waals surface area (Å²) in [5, 5.41) is 5.82. The molecule has 3 amide bonds. The molecule has 2 unspecified atom stereocenters. The minimum Gasteiger partial charge on any atom is -0.322 e. The molecule has 4 aliphatic heterocycles. The third kappa shape index (κ3) is 3.02. The number of piperidine rings is 1. The van der Waals surface area contributed by atoms with E-state index in [4.69, 9.17) is 0 Å². The van der Waals surface area contributed by atoms with Gasteiger partial charge in [0.05, 0.1) is 0 Å². The molecule has 0 saturated carbocycles. The number of hydrogen-bond acceptors (Lipinski definition) is 5. The van der Waals surface area contributed by atoms with E-state index < -0.39 is 6.04 Å². The molecule has 0 radical (unpaired) electrons. The minimum absolute atomic E-state index is 0.0927. The number of fused-ring (bicyclic) bond motifs is 1. The largest absolute Gasteiger partial charge is 0.322 e. The van der Waals surface area contributed by atoms with Crippen molar-refractivity contribution in [3.63, 3.8) is 0 Å². The number of nitrogens with one attached hydrogen (secondary N) is 2. The zero-order valence-corrected chi connectivity index (χ0v) is 15.9. The Labute approximate surface area is 164 Å². The van der Waals surface area contributed by atoms with Crippen LogP contribution in [0, 0.1) is 11.8 Å². The highest BCUT2D eigenvalue weighted by molar-refractivity contribution is 6.05. The van der Waals surface area contributed by atoms with E-state index in [1.165, 1.54) is 12.0 Å². The molecule has 3 saturated heterocycles. The molecule has 28 heavy (non-hydrogen) atoms. The van der Waals surface area contributed by atoms with E-state index in [2.05, 4.69) is 21.6 Å². The first-order chi connectivity index (χ1) is 13.6. The second-order valence-electron chi connectivity index (χ2n) is 8.55. The van der Waals surface area contributed by atoms with Gasteiger partial charge in [-0.2, -0.15) is 0 Å². The first kappa shape index (κ1) is 17.8. The van der Waals surface area contributed by atoms with Crippen LogP contribution in [-0.4, -0.2) is 59.7 Å². The normalized spacial score (nSPS) is 28.4. The van der Waals surface area contributed by atoms with Gasteiger partial charge in [-0.25, -0.2) is 0 Å². The fourth-order valence-electron chi connectivity index (χ4n) is 5.16. The van der Waals surface area contributed by atoms with Gasteiger partial charge in [0, 0.05) is 38.2 Å². The summed E-state index contributed by atoms with van der Waals surface area (Å²) < 4.78 is 0. The maximum atomic E-state index is 12.9. The summed E-state index contributed by atoms with van der Waals surface area (Å²) in [6, 6.07) is 5.35. The van der Waals surface area contributed by atoms with Crippen molar-refractivity contribution in [2.45, 2.75) is 38.4 Å². The van der Waals surface area contributed by atoms with Crippen LogP contribution in [0.3, 0.4) is 0 Å². The topological polar surface area (TPSA) is 81.8 Å². The first-order valence-corrected chi connectivity index (χ1v) is 10.3. The Morgan fingerprint density at radius 1 is 1.07 bits per heavy atom. The summed E-state index contributed by atoms with van der Waals surface area (Å²) in [5.41, 5.74) is 2.94. The number of rotatable bonds is 4. The average molecular weight is 382 g/mol. The molecule has 7 nitrogen and oxygen atoms in total. The summed E-state index contributed by atoms with van der Waals surface area (Å²) >= 11 is 0. The van der Waals surface area contributed by atoms with Gasteiger partial charge in [0.25, 0.3) is 5.91 Å². The Kier molecular flexibility index (Phi) is 4.44. The van der Waals surface area contributed by atoms with Crippen molar-refractivity contribution in [2.24, 2.45) is 11.8 Å². The summed E-state index contributed by atoms with van der Waals surface area (Å²) in [6.45, 7) is 5.86. The molecule has 5 rings (SSSR count). The molecular weight excluding hydrogens is 356 g/mol. The lowest BCUT2D eigenvalue weighted by molar-refractivity contribution is -0.136. The molecule has 2 atom stereocenters. The van der Waals surface area contributed by atoms with Crippen LogP contribution < -0.4 is 10.6 Å². The number of hydrogen-bond donors (Lipinski definition) is 2. The van der Waals surface area contributed by atoms with Gasteiger partial charge in [-0.3, -0.25) is 24.6 Å². The van der Waals surface area contributed by atoms with Gasteiger partial charge in [0.1, 0.15) is 6.04 Å². The van der Waals surface area contributed by atoms with Gasteiger partial charge in [-0.15, -0.1) is 0 Å². The zero-order valence-electron chi connectivity index (χ0n) is 15.9. The lowest BCUT2D eigenvalue weighted by atomic mass is 9.84. The van der Waals surface area contributed by atoms with Crippen LogP contribution in [0.4, 0.5) is 0 Å². The van der Waals surface area contributed by atoms with Gasteiger partial charge in [0.15, 0.2) is 0 Å². The van der Waals surface area contributed by atoms with E-state index in [1.54, 1.807) is 4.90 Å². The molecule has 3 fully saturated rings. The molecule has 148 valence electrons. The molecule has 1 aromatic carbocycles. The molecule has 4 heterocycles. The third-order valence-electron chi connectivity index (χ3n) is 6.82. The molecule has 0 aliphatic carbocycles. The number of carbonyl (C=O) groups is 3. The van der Waals surface area contributed by atoms with E-state index in [-0.39, 0.29) is 24.1 Å². The van der Waals surface area contributed by atoms with Crippen molar-refractivity contribution in [3.8, 4) is 0 Å². The second kappa shape index (κ2) is 6.97. The predicted octanol–water partition coefficient (Wildman–Crippen LogP) is 0.489. The van der Waals surface area contributed by atoms with Crippen LogP contribution in [0.15, 0.2) is 18.2 Å². The summed E-state index contributed by atoms with van der Waals surface area (Å²) in [7, 11) is 0. The van der Waals surface area contributed by atoms with Crippen LogP contribution in [0.1, 0.15) is 40.7 Å². The highest BCUT2D eigenvalue weighted by atomic mass is 16.2. The molecule has 2 N–H and O–H groups in total. The third-order valence-corrected chi connectivity index (χ3v) is 6.82. The fraction of sp³-hybridized carbons (Fsp3) is 0.571. The molecular formula is C21H26N4O3. The molecule has 0 spiro atoms. The van der Waals surface area contributed by atoms with E-state index in [1.807, 2.05) is 12.1 Å². The maximum absolute atomic E-state index is 12.9. The summed E-state index contributed by atoms with van der Waals surface area (Å²) in [6.07, 6.45) is 1.98. The molecule has 0 bridgehead atoms. The standard InChI is InChI=1S/C21H26N4O3/c26-19-5-4-18(20(27)23-19)25-12-17-14(2-1-3-16(17)21(25)28)9-24-10-15(11-24)13-6-7-22-8-13/h1-3,13,15,18,22H,4-12H2,(H,23,26,27). The van der Waals surface area contributed by atoms with Crippen LogP contribution in [0.25, 0.3) is 0 Å². The molecule has 1 aromatic rings. The van der Waals surface area contributed by atoms with Gasteiger partial charge in [0.2, 0.25) is 11.8 Å². The highest BCUT2D eigenvalue weighted by Gasteiger charge is 2.40. The van der Waals surface area contributed by atoms with Crippen LogP contribution in [0.2, 0.25) is 0 Å². The lowest BCUT2D eigenvalue weighted by Crippen LogP contribution is -2.52. The van der Waals surface area contributed by atoms with Crippen LogP contribution >= 0.6 is 0 Å². The number of carbonyl (C=O) groups excluding carboxylic acids is 3. The Hall–Kier alpha value is -2.25. The van der Waals surface area contributed by atoms with Gasteiger partial charge < -0.3 is 10.2 Å². The van der Waals surface area contributed by atoms with Crippen molar-refractivity contribution in [3.05, 3.63) is 34.9 Å². The van der Waals surface area contributed by atoms with Gasteiger partial charge in [-0.1, -0.05) is 12.1 Å². The van der Waals surface area contributed by atoms with Crippen LogP contribution in [0.5, 0.6) is 0 Å². The van der Waals surface area contributed by atoms with Crippen LogP contribution in [-0.2, 0) is 22.7 Å². The first-order valence-electron chi connectivity index (χ1n) is 10.3. The number of nitrogens with zero attached hydrogens (tertiary/aromatic N) is 2. The number of imide groups is 1. The average Bonchev–Trinajstić information content (AvgIpc) is 3.27. The number of likely N-dealkylation sites (tertiary alicyclic amines) is 1. The van der Waals surface area contributed by atoms with E-state index in [9.17, 15) is 14.4 Å². The SMILES string of the molecule is O=C1CCC(N2Cc3c(CN4CC(C5CCNC5)C4)cccc3C2=O)C(=O)N1.